The first kappa shape index (κ1) is 18.7. The second-order valence-corrected chi connectivity index (χ2v) is 5.22. The van der Waals surface area contributed by atoms with Crippen LogP contribution in [-0.2, 0) is 14.3 Å². The topological polar surface area (TPSA) is 81.7 Å². The van der Waals surface area contributed by atoms with Gasteiger partial charge in [-0.1, -0.05) is 6.92 Å². The molecule has 23 heavy (non-hydrogen) atoms. The van der Waals surface area contributed by atoms with Crippen molar-refractivity contribution in [3.8, 4) is 5.75 Å². The summed E-state index contributed by atoms with van der Waals surface area (Å²) in [5, 5.41) is 2.71. The second-order valence-electron chi connectivity index (χ2n) is 5.22. The Balaban J connectivity index is 2.23. The van der Waals surface area contributed by atoms with Crippen LogP contribution in [0.1, 0.15) is 44.0 Å². The number of benzene rings is 1. The minimum absolute atomic E-state index is 0.0178. The highest BCUT2D eigenvalue weighted by Crippen LogP contribution is 2.12. The molecule has 6 nitrogen and oxygen atoms in total. The molecular formula is C17H23NO5. The summed E-state index contributed by atoms with van der Waals surface area (Å²) < 4.78 is 10.2. The smallest absolute Gasteiger partial charge is 0.309 e. The first-order chi connectivity index (χ1) is 10.9. The average Bonchev–Trinajstić information content (AvgIpc) is 2.53. The molecule has 1 atom stereocenters. The number of ether oxygens (including phenoxy) is 2. The third kappa shape index (κ3) is 7.44. The number of nitrogens with one attached hydrogen (secondary N) is 1. The van der Waals surface area contributed by atoms with Gasteiger partial charge in [-0.2, -0.15) is 0 Å². The highest BCUT2D eigenvalue weighted by Gasteiger charge is 2.09. The lowest BCUT2D eigenvalue weighted by Gasteiger charge is -2.11. The zero-order valence-electron chi connectivity index (χ0n) is 13.8. The number of hydrogen-bond donors (Lipinski definition) is 1. The largest absolute Gasteiger partial charge is 0.493 e. The summed E-state index contributed by atoms with van der Waals surface area (Å²) in [6, 6.07) is 6.72. The summed E-state index contributed by atoms with van der Waals surface area (Å²) in [5.74, 6) is -0.258. The molecule has 1 N–H and O–H groups in total. The van der Waals surface area contributed by atoms with Gasteiger partial charge in [0.05, 0.1) is 13.0 Å². The molecule has 0 aliphatic rings. The highest BCUT2D eigenvalue weighted by atomic mass is 16.5. The minimum Gasteiger partial charge on any atom is -0.493 e. The maximum atomic E-state index is 11.5. The molecule has 1 aromatic rings. The van der Waals surface area contributed by atoms with Crippen LogP contribution in [0, 0.1) is 0 Å². The van der Waals surface area contributed by atoms with Gasteiger partial charge >= 0.3 is 5.97 Å². The molecular weight excluding hydrogens is 298 g/mol. The van der Waals surface area contributed by atoms with E-state index in [0.29, 0.717) is 11.3 Å². The van der Waals surface area contributed by atoms with Crippen LogP contribution < -0.4 is 10.1 Å². The number of esters is 1. The number of amides is 1. The summed E-state index contributed by atoms with van der Waals surface area (Å²) >= 11 is 0. The molecule has 0 saturated heterocycles. The molecule has 0 saturated carbocycles. The van der Waals surface area contributed by atoms with Crippen LogP contribution >= 0.6 is 0 Å². The van der Waals surface area contributed by atoms with E-state index in [0.717, 1.165) is 6.42 Å². The lowest BCUT2D eigenvalue weighted by molar-refractivity contribution is -0.149. The Kier molecular flexibility index (Phi) is 7.80. The number of Topliss-reactive ketones (excluding diaryl/α,β-unsaturated/α-hetero) is 1. The first-order valence-corrected chi connectivity index (χ1v) is 7.61. The Morgan fingerprint density at radius 2 is 1.83 bits per heavy atom. The lowest BCUT2D eigenvalue weighted by Crippen LogP contribution is -2.35. The van der Waals surface area contributed by atoms with Crippen molar-refractivity contribution in [2.24, 2.45) is 0 Å². The molecule has 0 bridgehead atoms. The normalized spacial score (nSPS) is 11.4. The number of hydrogen-bond acceptors (Lipinski definition) is 5. The van der Waals surface area contributed by atoms with Crippen LogP contribution in [0.25, 0.3) is 0 Å². The van der Waals surface area contributed by atoms with E-state index in [2.05, 4.69) is 5.32 Å². The van der Waals surface area contributed by atoms with Crippen molar-refractivity contribution in [1.82, 2.24) is 5.32 Å². The quantitative estimate of drug-likeness (QED) is 0.556. The number of carbonyl (C=O) groups is 3. The SMILES string of the molecule is CCC(C)NC(=O)COC(=O)CCOc1ccc(C(C)=O)cc1. The Morgan fingerprint density at radius 3 is 2.39 bits per heavy atom. The summed E-state index contributed by atoms with van der Waals surface area (Å²) in [6.07, 6.45) is 0.862. The van der Waals surface area contributed by atoms with Gasteiger partial charge in [0.25, 0.3) is 5.91 Å². The van der Waals surface area contributed by atoms with E-state index >= 15 is 0 Å². The molecule has 126 valence electrons. The van der Waals surface area contributed by atoms with E-state index in [1.807, 2.05) is 13.8 Å². The standard InChI is InChI=1S/C17H23NO5/c1-4-12(2)18-16(20)11-23-17(21)9-10-22-15-7-5-14(6-8-15)13(3)19/h5-8,12H,4,9-11H2,1-3H3,(H,18,20). The van der Waals surface area contributed by atoms with Crippen LogP contribution in [0.2, 0.25) is 0 Å². The van der Waals surface area contributed by atoms with E-state index < -0.39 is 5.97 Å². The molecule has 0 fully saturated rings. The predicted octanol–water partition coefficient (Wildman–Crippen LogP) is 2.12. The molecule has 6 heteroatoms. The Morgan fingerprint density at radius 1 is 1.17 bits per heavy atom. The van der Waals surface area contributed by atoms with Gasteiger partial charge < -0.3 is 14.8 Å². The molecule has 0 aliphatic carbocycles. The van der Waals surface area contributed by atoms with Crippen molar-refractivity contribution in [1.29, 1.82) is 0 Å². The van der Waals surface area contributed by atoms with Gasteiger partial charge in [0, 0.05) is 11.6 Å². The van der Waals surface area contributed by atoms with Crippen molar-refractivity contribution < 1.29 is 23.9 Å². The third-order valence-corrected chi connectivity index (χ3v) is 3.22. The number of ketones is 1. The fraction of sp³-hybridized carbons (Fsp3) is 0.471. The van der Waals surface area contributed by atoms with Crippen molar-refractivity contribution in [3.05, 3.63) is 29.8 Å². The van der Waals surface area contributed by atoms with Crippen LogP contribution in [0.3, 0.4) is 0 Å². The van der Waals surface area contributed by atoms with Gasteiger partial charge in [-0.25, -0.2) is 0 Å². The Hall–Kier alpha value is -2.37. The Bertz CT molecular complexity index is 538. The van der Waals surface area contributed by atoms with Crippen molar-refractivity contribution in [2.75, 3.05) is 13.2 Å². The summed E-state index contributed by atoms with van der Waals surface area (Å²) in [4.78, 5) is 34.1. The van der Waals surface area contributed by atoms with Crippen molar-refractivity contribution in [2.45, 2.75) is 39.7 Å². The molecule has 0 spiro atoms. The van der Waals surface area contributed by atoms with Crippen LogP contribution in [0.5, 0.6) is 5.75 Å². The van der Waals surface area contributed by atoms with Gasteiger partial charge in [-0.15, -0.1) is 0 Å². The fourth-order valence-corrected chi connectivity index (χ4v) is 1.67. The van der Waals surface area contributed by atoms with Crippen molar-refractivity contribution in [3.63, 3.8) is 0 Å². The van der Waals surface area contributed by atoms with Gasteiger partial charge in [0.2, 0.25) is 0 Å². The van der Waals surface area contributed by atoms with Crippen LogP contribution in [-0.4, -0.2) is 36.9 Å². The summed E-state index contributed by atoms with van der Waals surface area (Å²) in [7, 11) is 0. The maximum Gasteiger partial charge on any atom is 0.309 e. The molecule has 1 amide bonds. The predicted molar refractivity (Wildman–Crippen MR) is 85.4 cm³/mol. The monoisotopic (exact) mass is 321 g/mol. The van der Waals surface area contributed by atoms with Crippen molar-refractivity contribution >= 4 is 17.7 Å². The Labute approximate surface area is 136 Å². The molecule has 1 aromatic carbocycles. The zero-order chi connectivity index (χ0) is 17.2. The maximum absolute atomic E-state index is 11.5. The van der Waals surface area contributed by atoms with Gasteiger partial charge in [0.1, 0.15) is 5.75 Å². The number of rotatable bonds is 9. The molecule has 1 unspecified atom stereocenters. The first-order valence-electron chi connectivity index (χ1n) is 7.61. The van der Waals surface area contributed by atoms with Gasteiger partial charge in [-0.05, 0) is 44.5 Å². The second kappa shape index (κ2) is 9.61. The van der Waals surface area contributed by atoms with Gasteiger partial charge in [0.15, 0.2) is 12.4 Å². The molecule has 0 radical (unpaired) electrons. The average molecular weight is 321 g/mol. The fourth-order valence-electron chi connectivity index (χ4n) is 1.67. The molecule has 0 aromatic heterocycles. The molecule has 0 heterocycles. The zero-order valence-corrected chi connectivity index (χ0v) is 13.8. The van der Waals surface area contributed by atoms with E-state index in [9.17, 15) is 14.4 Å². The molecule has 1 rings (SSSR count). The van der Waals surface area contributed by atoms with E-state index in [1.54, 1.807) is 24.3 Å². The third-order valence-electron chi connectivity index (χ3n) is 3.22. The van der Waals surface area contributed by atoms with E-state index in [4.69, 9.17) is 9.47 Å². The van der Waals surface area contributed by atoms with Crippen LogP contribution in [0.4, 0.5) is 0 Å². The minimum atomic E-state index is -0.496. The van der Waals surface area contributed by atoms with Crippen LogP contribution in [0.15, 0.2) is 24.3 Å². The summed E-state index contributed by atoms with van der Waals surface area (Å²) in [5.41, 5.74) is 0.601. The number of carbonyl (C=O) groups excluding carboxylic acids is 3. The molecule has 0 aliphatic heterocycles. The van der Waals surface area contributed by atoms with Gasteiger partial charge in [-0.3, -0.25) is 14.4 Å². The summed E-state index contributed by atoms with van der Waals surface area (Å²) in [6.45, 7) is 5.19. The highest BCUT2D eigenvalue weighted by molar-refractivity contribution is 5.94. The van der Waals surface area contributed by atoms with E-state index in [-0.39, 0.29) is 37.4 Å². The van der Waals surface area contributed by atoms with E-state index in [1.165, 1.54) is 6.92 Å². The lowest BCUT2D eigenvalue weighted by atomic mass is 10.1.